The van der Waals surface area contributed by atoms with Gasteiger partial charge < -0.3 is 15.2 Å². The Morgan fingerprint density at radius 1 is 1.29 bits per heavy atom. The number of pyridine rings is 1. The highest BCUT2D eigenvalue weighted by atomic mass is 35.5. The normalized spacial score (nSPS) is 14.6. The summed E-state index contributed by atoms with van der Waals surface area (Å²) in [5.41, 5.74) is 4.31. The number of hydrogen-bond donors (Lipinski definition) is 2. The molecule has 1 aliphatic rings. The van der Waals surface area contributed by atoms with Crippen molar-refractivity contribution in [2.24, 2.45) is 0 Å². The lowest BCUT2D eigenvalue weighted by Gasteiger charge is -2.25. The van der Waals surface area contributed by atoms with E-state index in [4.69, 9.17) is 16.3 Å². The molecule has 2 N–H and O–H groups in total. The van der Waals surface area contributed by atoms with Gasteiger partial charge in [-0.2, -0.15) is 0 Å². The van der Waals surface area contributed by atoms with Crippen LogP contribution >= 0.6 is 11.6 Å². The van der Waals surface area contributed by atoms with Crippen molar-refractivity contribution in [2.45, 2.75) is 70.8 Å². The monoisotopic (exact) mass is 482 g/mol. The number of nitrogens with one attached hydrogen (secondary N) is 1. The van der Waals surface area contributed by atoms with Gasteiger partial charge in [0.2, 0.25) is 0 Å². The molecule has 1 aliphatic carbocycles. The summed E-state index contributed by atoms with van der Waals surface area (Å²) in [6, 6.07) is 5.91. The Hall–Kier alpha value is -2.79. The fraction of sp³-hybridized carbons (Fsp3) is 0.429. The summed E-state index contributed by atoms with van der Waals surface area (Å²) in [6.07, 6.45) is 14.2. The molecule has 182 valence electrons. The Morgan fingerprint density at radius 2 is 2.06 bits per heavy atom. The third kappa shape index (κ3) is 6.63. The standard InChI is InChI=1S/C28H35ClN2O3/c1-4-9-19(20-15-24(29)28(33)27(16-20)34-3)13-14-22-17-25(31-21-11-7-6-8-12-21)23(18-30-22)26(32)10-5-2/h4,13,15-18,21,33H,1,5-12,14H2,2-3H3,(H,30,31)/b19-13+. The molecule has 0 amide bonds. The molecule has 34 heavy (non-hydrogen) atoms. The molecule has 5 nitrogen and oxygen atoms in total. The summed E-state index contributed by atoms with van der Waals surface area (Å²) in [5, 5.41) is 14.0. The van der Waals surface area contributed by atoms with Gasteiger partial charge in [0.1, 0.15) is 0 Å². The van der Waals surface area contributed by atoms with Crippen molar-refractivity contribution >= 4 is 28.6 Å². The van der Waals surface area contributed by atoms with Gasteiger partial charge in [-0.25, -0.2) is 0 Å². The number of rotatable bonds is 11. The van der Waals surface area contributed by atoms with Gasteiger partial charge in [0, 0.05) is 36.5 Å². The van der Waals surface area contributed by atoms with Crippen LogP contribution in [-0.4, -0.2) is 29.0 Å². The molecule has 6 heteroatoms. The van der Waals surface area contributed by atoms with Crippen LogP contribution in [0.4, 0.5) is 5.69 Å². The van der Waals surface area contributed by atoms with E-state index in [0.29, 0.717) is 36.6 Å². The first-order valence-corrected chi connectivity index (χ1v) is 12.5. The van der Waals surface area contributed by atoms with Crippen LogP contribution < -0.4 is 10.1 Å². The Balaban J connectivity index is 1.90. The first-order chi connectivity index (χ1) is 16.5. The van der Waals surface area contributed by atoms with E-state index < -0.39 is 0 Å². The SMILES string of the molecule is C=CC/C(=C\Cc1cc(NC2CCCCC2)c(C(=O)CCC)cn1)c1cc(Cl)c(O)c(OC)c1. The molecule has 1 aromatic heterocycles. The van der Waals surface area contributed by atoms with Gasteiger partial charge in [-0.15, -0.1) is 6.58 Å². The maximum Gasteiger partial charge on any atom is 0.176 e. The van der Waals surface area contributed by atoms with Crippen LogP contribution in [0.2, 0.25) is 5.02 Å². The van der Waals surface area contributed by atoms with Crippen molar-refractivity contribution in [3.8, 4) is 11.5 Å². The van der Waals surface area contributed by atoms with Crippen molar-refractivity contribution in [1.29, 1.82) is 0 Å². The summed E-state index contributed by atoms with van der Waals surface area (Å²) >= 11 is 6.21. The molecular weight excluding hydrogens is 448 g/mol. The van der Waals surface area contributed by atoms with Gasteiger partial charge in [0.05, 0.1) is 17.7 Å². The Kier molecular flexibility index (Phi) is 9.58. The fourth-order valence-electron chi connectivity index (χ4n) is 4.40. The molecular formula is C28H35ClN2O3. The number of benzene rings is 1. The van der Waals surface area contributed by atoms with Crippen molar-refractivity contribution in [1.82, 2.24) is 4.98 Å². The van der Waals surface area contributed by atoms with E-state index in [-0.39, 0.29) is 16.6 Å². The molecule has 3 rings (SSSR count). The summed E-state index contributed by atoms with van der Waals surface area (Å²) in [7, 11) is 1.50. The van der Waals surface area contributed by atoms with E-state index in [1.165, 1.54) is 26.4 Å². The number of phenolic OH excluding ortho intramolecular Hbond substituents is 1. The van der Waals surface area contributed by atoms with E-state index >= 15 is 0 Å². The summed E-state index contributed by atoms with van der Waals surface area (Å²) in [4.78, 5) is 17.3. The Bertz CT molecular complexity index is 1040. The van der Waals surface area contributed by atoms with Gasteiger partial charge in [-0.1, -0.05) is 49.9 Å². The molecule has 0 radical (unpaired) electrons. The number of aromatic nitrogens is 1. The molecule has 0 unspecified atom stereocenters. The summed E-state index contributed by atoms with van der Waals surface area (Å²) < 4.78 is 5.26. The summed E-state index contributed by atoms with van der Waals surface area (Å²) in [6.45, 7) is 5.89. The molecule has 0 saturated heterocycles. The smallest absolute Gasteiger partial charge is 0.176 e. The lowest BCUT2D eigenvalue weighted by atomic mass is 9.94. The minimum absolute atomic E-state index is 0.0710. The van der Waals surface area contributed by atoms with Crippen molar-refractivity contribution < 1.29 is 14.6 Å². The second-order valence-electron chi connectivity index (χ2n) is 8.81. The first kappa shape index (κ1) is 25.8. The number of carbonyl (C=O) groups excluding carboxylic acids is 1. The lowest BCUT2D eigenvalue weighted by molar-refractivity contribution is 0.0982. The van der Waals surface area contributed by atoms with Crippen LogP contribution in [0.5, 0.6) is 11.5 Å². The number of phenols is 1. The predicted octanol–water partition coefficient (Wildman–Crippen LogP) is 7.38. The first-order valence-electron chi connectivity index (χ1n) is 12.1. The summed E-state index contributed by atoms with van der Waals surface area (Å²) in [5.74, 6) is 0.389. The molecule has 0 bridgehead atoms. The number of allylic oxidation sites excluding steroid dienone is 3. The number of hydrogen-bond acceptors (Lipinski definition) is 5. The molecule has 1 saturated carbocycles. The number of ketones is 1. The predicted molar refractivity (Wildman–Crippen MR) is 140 cm³/mol. The van der Waals surface area contributed by atoms with Gasteiger partial charge in [-0.05, 0) is 55.0 Å². The number of ether oxygens (including phenoxy) is 1. The van der Waals surface area contributed by atoms with Crippen LogP contribution in [-0.2, 0) is 6.42 Å². The third-order valence-electron chi connectivity index (χ3n) is 6.24. The van der Waals surface area contributed by atoms with Crippen molar-refractivity contribution in [3.05, 3.63) is 65.0 Å². The van der Waals surface area contributed by atoms with E-state index in [0.717, 1.165) is 41.8 Å². The van der Waals surface area contributed by atoms with Gasteiger partial charge in [-0.3, -0.25) is 9.78 Å². The van der Waals surface area contributed by atoms with E-state index in [1.807, 2.05) is 19.1 Å². The zero-order valence-corrected chi connectivity index (χ0v) is 21.0. The van der Waals surface area contributed by atoms with Crippen LogP contribution in [0.3, 0.4) is 0 Å². The Morgan fingerprint density at radius 3 is 2.74 bits per heavy atom. The number of carbonyl (C=O) groups is 1. The number of aromatic hydroxyl groups is 1. The molecule has 1 heterocycles. The number of methoxy groups -OCH3 is 1. The topological polar surface area (TPSA) is 71.5 Å². The minimum Gasteiger partial charge on any atom is -0.503 e. The Labute approximate surface area is 207 Å². The second kappa shape index (κ2) is 12.6. The fourth-order valence-corrected chi connectivity index (χ4v) is 4.61. The van der Waals surface area contributed by atoms with E-state index in [1.54, 1.807) is 18.3 Å². The molecule has 0 spiro atoms. The molecule has 1 aromatic carbocycles. The molecule has 0 aliphatic heterocycles. The maximum absolute atomic E-state index is 12.7. The highest BCUT2D eigenvalue weighted by molar-refractivity contribution is 6.32. The van der Waals surface area contributed by atoms with Crippen LogP contribution in [0.1, 0.15) is 79.9 Å². The minimum atomic E-state index is -0.0710. The second-order valence-corrected chi connectivity index (χ2v) is 9.22. The quantitative estimate of drug-likeness (QED) is 0.258. The lowest BCUT2D eigenvalue weighted by Crippen LogP contribution is -2.23. The van der Waals surface area contributed by atoms with E-state index in [2.05, 4.69) is 23.0 Å². The molecule has 2 aromatic rings. The highest BCUT2D eigenvalue weighted by Gasteiger charge is 2.18. The van der Waals surface area contributed by atoms with Gasteiger partial charge in [0.25, 0.3) is 0 Å². The van der Waals surface area contributed by atoms with Crippen molar-refractivity contribution in [3.63, 3.8) is 0 Å². The maximum atomic E-state index is 12.7. The average Bonchev–Trinajstić information content (AvgIpc) is 2.84. The van der Waals surface area contributed by atoms with Gasteiger partial charge in [0.15, 0.2) is 17.3 Å². The largest absolute Gasteiger partial charge is 0.503 e. The van der Waals surface area contributed by atoms with Gasteiger partial charge >= 0.3 is 0 Å². The van der Waals surface area contributed by atoms with Crippen molar-refractivity contribution in [2.75, 3.05) is 12.4 Å². The zero-order chi connectivity index (χ0) is 24.5. The number of Topliss-reactive ketones (excluding diaryl/α,β-unsaturated/α-hetero) is 1. The van der Waals surface area contributed by atoms with Crippen LogP contribution in [0.15, 0.2) is 43.1 Å². The third-order valence-corrected chi connectivity index (χ3v) is 6.53. The molecule has 1 fully saturated rings. The molecule has 0 atom stereocenters. The highest BCUT2D eigenvalue weighted by Crippen LogP contribution is 2.37. The number of anilines is 1. The zero-order valence-electron chi connectivity index (χ0n) is 20.2. The van der Waals surface area contributed by atoms with E-state index in [9.17, 15) is 9.90 Å². The number of nitrogens with zero attached hydrogens (tertiary/aromatic N) is 1. The number of halogens is 1. The van der Waals surface area contributed by atoms with Crippen LogP contribution in [0, 0.1) is 0 Å². The van der Waals surface area contributed by atoms with Crippen LogP contribution in [0.25, 0.3) is 5.57 Å². The average molecular weight is 483 g/mol.